The molecule has 0 aliphatic heterocycles. The highest BCUT2D eigenvalue weighted by Crippen LogP contribution is 2.36. The van der Waals surface area contributed by atoms with E-state index in [1.807, 2.05) is 49.4 Å². The van der Waals surface area contributed by atoms with Gasteiger partial charge in [-0.25, -0.2) is 17.5 Å². The topological polar surface area (TPSA) is 90.0 Å². The van der Waals surface area contributed by atoms with Crippen molar-refractivity contribution in [3.63, 3.8) is 0 Å². The number of benzene rings is 3. The molecule has 1 aliphatic rings. The minimum Gasteiger partial charge on any atom is -0.497 e. The fraction of sp³-hybridized carbons (Fsp3) is 0.226. The van der Waals surface area contributed by atoms with Gasteiger partial charge < -0.3 is 9.47 Å². The number of ether oxygens (including phenoxy) is 2. The summed E-state index contributed by atoms with van der Waals surface area (Å²) in [6.07, 6.45) is 6.53. The lowest BCUT2D eigenvalue weighted by molar-refractivity contribution is -0.126. The van der Waals surface area contributed by atoms with Crippen molar-refractivity contribution in [1.82, 2.24) is 4.31 Å². The highest BCUT2D eigenvalue weighted by molar-refractivity contribution is 7.89. The molecule has 0 saturated heterocycles. The van der Waals surface area contributed by atoms with E-state index in [4.69, 9.17) is 9.47 Å². The summed E-state index contributed by atoms with van der Waals surface area (Å²) in [5, 5.41) is 0. The van der Waals surface area contributed by atoms with E-state index in [0.717, 1.165) is 15.4 Å². The first-order valence-corrected chi connectivity index (χ1v) is 14.0. The molecule has 3 unspecified atom stereocenters. The van der Waals surface area contributed by atoms with E-state index in [1.54, 1.807) is 55.7 Å². The Hall–Kier alpha value is -4.17. The van der Waals surface area contributed by atoms with Crippen molar-refractivity contribution in [2.24, 2.45) is 5.92 Å². The molecule has 7 nitrogen and oxygen atoms in total. The zero-order valence-electron chi connectivity index (χ0n) is 22.1. The molecule has 0 aromatic heterocycles. The molecule has 1 aliphatic carbocycles. The van der Waals surface area contributed by atoms with Crippen molar-refractivity contribution in [2.45, 2.75) is 30.3 Å². The van der Waals surface area contributed by atoms with Gasteiger partial charge in [0.25, 0.3) is 10.0 Å². The molecule has 0 N–H and O–H groups in total. The molecule has 8 heteroatoms. The van der Waals surface area contributed by atoms with Gasteiger partial charge in [-0.2, -0.15) is 0 Å². The number of hydrogen-bond donors (Lipinski definition) is 0. The van der Waals surface area contributed by atoms with Crippen molar-refractivity contribution in [3.8, 4) is 5.75 Å². The quantitative estimate of drug-likeness (QED) is 0.339. The van der Waals surface area contributed by atoms with Crippen LogP contribution in [0.5, 0.6) is 5.75 Å². The van der Waals surface area contributed by atoms with E-state index in [2.05, 4.69) is 0 Å². The lowest BCUT2D eigenvalue weighted by Crippen LogP contribution is -2.37. The summed E-state index contributed by atoms with van der Waals surface area (Å²) in [5.41, 5.74) is 2.12. The number of carbonyl (C=O) groups excluding carboxylic acids is 2. The van der Waals surface area contributed by atoms with Crippen LogP contribution in [0.4, 0.5) is 0 Å². The van der Waals surface area contributed by atoms with Gasteiger partial charge in [-0.3, -0.25) is 4.79 Å². The second-order valence-corrected chi connectivity index (χ2v) is 11.3. The molecular weight excluding hydrogens is 514 g/mol. The fourth-order valence-corrected chi connectivity index (χ4v) is 5.64. The predicted octanol–water partition coefficient (Wildman–Crippen LogP) is 5.29. The third kappa shape index (κ3) is 6.46. The number of rotatable bonds is 9. The molecule has 0 radical (unpaired) electrons. The molecule has 1 amide bonds. The number of nitrogens with zero attached hydrogens (tertiary/aromatic N) is 1. The first-order valence-electron chi connectivity index (χ1n) is 12.5. The highest BCUT2D eigenvalue weighted by atomic mass is 32.2. The maximum atomic E-state index is 13.5. The maximum absolute atomic E-state index is 13.5. The zero-order valence-corrected chi connectivity index (χ0v) is 22.9. The van der Waals surface area contributed by atoms with Crippen molar-refractivity contribution in [2.75, 3.05) is 14.2 Å². The third-order valence-corrected chi connectivity index (χ3v) is 8.60. The second-order valence-electron chi connectivity index (χ2n) is 9.35. The first kappa shape index (κ1) is 27.9. The molecule has 39 heavy (non-hydrogen) atoms. The van der Waals surface area contributed by atoms with Crippen LogP contribution in [0.1, 0.15) is 33.8 Å². The molecule has 0 spiro atoms. The van der Waals surface area contributed by atoms with Gasteiger partial charge >= 0.3 is 5.97 Å². The molecule has 0 fully saturated rings. The number of sulfonamides is 1. The van der Waals surface area contributed by atoms with Gasteiger partial charge in [-0.1, -0.05) is 66.3 Å². The number of amides is 1. The van der Waals surface area contributed by atoms with Crippen molar-refractivity contribution < 1.29 is 27.5 Å². The summed E-state index contributed by atoms with van der Waals surface area (Å²) < 4.78 is 38.2. The Morgan fingerprint density at radius 1 is 0.897 bits per heavy atom. The molecule has 0 heterocycles. The van der Waals surface area contributed by atoms with Crippen LogP contribution < -0.4 is 4.74 Å². The van der Waals surface area contributed by atoms with E-state index >= 15 is 0 Å². The average Bonchev–Trinajstić information content (AvgIpc) is 2.96. The van der Waals surface area contributed by atoms with Crippen LogP contribution in [0.25, 0.3) is 0 Å². The number of aryl methyl sites for hydroxylation is 1. The van der Waals surface area contributed by atoms with Gasteiger partial charge in [0, 0.05) is 25.3 Å². The fourth-order valence-electron chi connectivity index (χ4n) is 4.50. The van der Waals surface area contributed by atoms with Crippen LogP contribution in [0.15, 0.2) is 108 Å². The monoisotopic (exact) mass is 545 g/mol. The molecule has 3 atom stereocenters. The smallest absolute Gasteiger partial charge is 0.338 e. The number of methoxy groups -OCH3 is 1. The lowest BCUT2D eigenvalue weighted by atomic mass is 9.78. The Bertz CT molecular complexity index is 1460. The SMILES string of the molecule is COc1ccc(C(=O)OC2C=CC=CC2C(CC(=O)N(C)S(=O)(=O)c2ccc(C)cc2)c2ccccc2)cc1. The van der Waals surface area contributed by atoms with Crippen LogP contribution in [0.2, 0.25) is 0 Å². The summed E-state index contributed by atoms with van der Waals surface area (Å²) >= 11 is 0. The molecule has 4 rings (SSSR count). The van der Waals surface area contributed by atoms with Crippen LogP contribution >= 0.6 is 0 Å². The van der Waals surface area contributed by atoms with Gasteiger partial charge in [0.15, 0.2) is 0 Å². The molecular formula is C31H31NO6S. The molecule has 0 saturated carbocycles. The van der Waals surface area contributed by atoms with Gasteiger partial charge in [0.2, 0.25) is 5.91 Å². The number of carbonyl (C=O) groups is 2. The molecule has 202 valence electrons. The van der Waals surface area contributed by atoms with E-state index in [1.165, 1.54) is 19.2 Å². The molecule has 3 aromatic rings. The second kappa shape index (κ2) is 12.1. The normalized spacial score (nSPS) is 17.3. The highest BCUT2D eigenvalue weighted by Gasteiger charge is 2.35. The van der Waals surface area contributed by atoms with Gasteiger partial charge in [0.05, 0.1) is 17.6 Å². The standard InChI is InChI=1S/C31H31NO6S/c1-22-13-19-26(20-14-22)39(35,36)32(2)30(33)21-28(23-9-5-4-6-10-23)27-11-7-8-12-29(27)38-31(34)24-15-17-25(37-3)18-16-24/h4-20,27-29H,21H2,1-3H3. The summed E-state index contributed by atoms with van der Waals surface area (Å²) in [7, 11) is -1.21. The molecule has 3 aromatic carbocycles. The molecule has 0 bridgehead atoms. The predicted molar refractivity (Wildman–Crippen MR) is 149 cm³/mol. The van der Waals surface area contributed by atoms with E-state index in [9.17, 15) is 18.0 Å². The third-order valence-electron chi connectivity index (χ3n) is 6.81. The van der Waals surface area contributed by atoms with Crippen LogP contribution in [0, 0.1) is 12.8 Å². The maximum Gasteiger partial charge on any atom is 0.338 e. The van der Waals surface area contributed by atoms with Crippen molar-refractivity contribution in [3.05, 3.63) is 120 Å². The lowest BCUT2D eigenvalue weighted by Gasteiger charge is -2.32. The summed E-state index contributed by atoms with van der Waals surface area (Å²) in [4.78, 5) is 26.5. The van der Waals surface area contributed by atoms with Gasteiger partial charge in [-0.05, 0) is 55.0 Å². The van der Waals surface area contributed by atoms with Crippen molar-refractivity contribution >= 4 is 21.9 Å². The summed E-state index contributed by atoms with van der Waals surface area (Å²) in [5.74, 6) is -1.31. The van der Waals surface area contributed by atoms with Crippen LogP contribution in [-0.2, 0) is 19.6 Å². The van der Waals surface area contributed by atoms with Crippen LogP contribution in [0.3, 0.4) is 0 Å². The Morgan fingerprint density at radius 2 is 1.54 bits per heavy atom. The van der Waals surface area contributed by atoms with E-state index in [0.29, 0.717) is 11.3 Å². The van der Waals surface area contributed by atoms with E-state index < -0.39 is 39.8 Å². The Balaban J connectivity index is 1.59. The minimum atomic E-state index is -4.03. The Labute approximate surface area is 229 Å². The summed E-state index contributed by atoms with van der Waals surface area (Å²) in [6, 6.07) is 22.4. The first-order chi connectivity index (χ1) is 18.7. The van der Waals surface area contributed by atoms with Crippen LogP contribution in [-0.4, -0.2) is 44.9 Å². The number of esters is 1. The van der Waals surface area contributed by atoms with E-state index in [-0.39, 0.29) is 11.3 Å². The summed E-state index contributed by atoms with van der Waals surface area (Å²) in [6.45, 7) is 1.86. The number of hydrogen-bond acceptors (Lipinski definition) is 6. The Morgan fingerprint density at radius 3 is 2.18 bits per heavy atom. The largest absolute Gasteiger partial charge is 0.497 e. The zero-order chi connectivity index (χ0) is 28.0. The Kier molecular flexibility index (Phi) is 8.66. The number of allylic oxidation sites excluding steroid dienone is 2. The van der Waals surface area contributed by atoms with Gasteiger partial charge in [0.1, 0.15) is 11.9 Å². The van der Waals surface area contributed by atoms with Gasteiger partial charge in [-0.15, -0.1) is 0 Å². The average molecular weight is 546 g/mol. The minimum absolute atomic E-state index is 0.0482. The van der Waals surface area contributed by atoms with Crippen molar-refractivity contribution in [1.29, 1.82) is 0 Å².